The number of aromatic nitrogens is 3. The molecule has 2 saturated heterocycles. The molecule has 2 aliphatic rings. The first-order valence-electron chi connectivity index (χ1n) is 9.58. The topological polar surface area (TPSA) is 80.7 Å². The van der Waals surface area contributed by atoms with E-state index in [1.807, 2.05) is 26.0 Å². The van der Waals surface area contributed by atoms with E-state index in [0.717, 1.165) is 49.4 Å². The van der Waals surface area contributed by atoms with Crippen molar-refractivity contribution in [3.63, 3.8) is 0 Å². The van der Waals surface area contributed by atoms with Gasteiger partial charge in [0, 0.05) is 32.8 Å². The minimum atomic E-state index is -0.381. The van der Waals surface area contributed by atoms with Crippen LogP contribution in [0.15, 0.2) is 24.7 Å². The van der Waals surface area contributed by atoms with Crippen LogP contribution in [0.1, 0.15) is 30.5 Å². The van der Waals surface area contributed by atoms with Crippen molar-refractivity contribution in [1.82, 2.24) is 19.9 Å². The van der Waals surface area contributed by atoms with E-state index in [1.54, 1.807) is 18.1 Å². The average Bonchev–Trinajstić information content (AvgIpc) is 2.83. The summed E-state index contributed by atoms with van der Waals surface area (Å²) in [7, 11) is 1.79. The highest BCUT2D eigenvalue weighted by Crippen LogP contribution is 2.35. The molecular weight excluding hydrogens is 358 g/mol. The molecule has 1 atom stereocenters. The van der Waals surface area contributed by atoms with Crippen LogP contribution in [-0.4, -0.2) is 58.2 Å². The average molecular weight is 383 g/mol. The number of aryl methyl sites for hydroxylation is 1. The molecule has 8 heteroatoms. The van der Waals surface area contributed by atoms with E-state index in [9.17, 15) is 4.79 Å². The summed E-state index contributed by atoms with van der Waals surface area (Å²) >= 11 is 0. The molecule has 0 N–H and O–H groups in total. The summed E-state index contributed by atoms with van der Waals surface area (Å²) in [6, 6.07) is 3.72. The molecule has 1 spiro atoms. The van der Waals surface area contributed by atoms with Gasteiger partial charge >= 0.3 is 6.09 Å². The van der Waals surface area contributed by atoms with Crippen LogP contribution in [0.3, 0.4) is 0 Å². The van der Waals surface area contributed by atoms with Crippen LogP contribution in [0.5, 0.6) is 11.6 Å². The Balaban J connectivity index is 1.53. The van der Waals surface area contributed by atoms with Gasteiger partial charge in [0.25, 0.3) is 0 Å². The molecule has 4 heterocycles. The smallest absolute Gasteiger partial charge is 0.410 e. The molecule has 0 bridgehead atoms. The summed E-state index contributed by atoms with van der Waals surface area (Å²) < 4.78 is 11.7. The van der Waals surface area contributed by atoms with Gasteiger partial charge < -0.3 is 19.3 Å². The summed E-state index contributed by atoms with van der Waals surface area (Å²) in [5.41, 5.74) is 1.32. The lowest BCUT2D eigenvalue weighted by Gasteiger charge is -2.26. The van der Waals surface area contributed by atoms with Crippen molar-refractivity contribution in [2.45, 2.75) is 38.7 Å². The van der Waals surface area contributed by atoms with Crippen LogP contribution in [-0.2, 0) is 4.74 Å². The molecule has 8 nitrogen and oxygen atoms in total. The zero-order valence-electron chi connectivity index (χ0n) is 16.5. The Morgan fingerprint density at radius 1 is 1.18 bits per heavy atom. The third-order valence-electron chi connectivity index (χ3n) is 5.51. The lowest BCUT2D eigenvalue weighted by molar-refractivity contribution is 0.0473. The van der Waals surface area contributed by atoms with E-state index < -0.39 is 0 Å². The van der Waals surface area contributed by atoms with Crippen LogP contribution in [0.25, 0.3) is 0 Å². The second-order valence-corrected chi connectivity index (χ2v) is 7.56. The zero-order valence-corrected chi connectivity index (χ0v) is 16.5. The maximum absolute atomic E-state index is 11.9. The lowest BCUT2D eigenvalue weighted by atomic mass is 9.95. The van der Waals surface area contributed by atoms with Gasteiger partial charge in [-0.3, -0.25) is 4.98 Å². The molecule has 0 radical (unpaired) electrons. The number of nitrogens with zero attached hydrogens (tertiary/aromatic N) is 5. The normalized spacial score (nSPS) is 22.3. The van der Waals surface area contributed by atoms with Crippen molar-refractivity contribution in [1.29, 1.82) is 0 Å². The molecule has 2 fully saturated rings. The number of likely N-dealkylation sites (N-methyl/N-ethyl adjacent to an activating group) is 1. The van der Waals surface area contributed by atoms with E-state index in [4.69, 9.17) is 9.47 Å². The van der Waals surface area contributed by atoms with Crippen molar-refractivity contribution in [2.24, 2.45) is 0 Å². The van der Waals surface area contributed by atoms with Crippen LogP contribution in [0.2, 0.25) is 0 Å². The van der Waals surface area contributed by atoms with Crippen LogP contribution < -0.4 is 9.64 Å². The van der Waals surface area contributed by atoms with Crippen molar-refractivity contribution >= 4 is 11.9 Å². The first kappa shape index (κ1) is 18.5. The maximum atomic E-state index is 11.9. The molecule has 2 aromatic rings. The van der Waals surface area contributed by atoms with Gasteiger partial charge in [-0.15, -0.1) is 0 Å². The molecule has 148 valence electrons. The number of rotatable bonds is 3. The van der Waals surface area contributed by atoms with Gasteiger partial charge in [-0.2, -0.15) is 0 Å². The third kappa shape index (κ3) is 3.46. The molecule has 0 aromatic carbocycles. The molecule has 2 aromatic heterocycles. The van der Waals surface area contributed by atoms with Gasteiger partial charge in [0.2, 0.25) is 5.88 Å². The summed E-state index contributed by atoms with van der Waals surface area (Å²) in [5.74, 6) is 2.08. The molecule has 2 aliphatic heterocycles. The van der Waals surface area contributed by atoms with Crippen molar-refractivity contribution in [2.75, 3.05) is 31.6 Å². The van der Waals surface area contributed by atoms with Crippen LogP contribution in [0.4, 0.5) is 10.6 Å². The number of amides is 1. The standard InChI is InChI=1S/C20H25N5O3/c1-14-17(22-13-23-18(14)27-16-6-4-9-21-15(16)2)25-10-5-7-20(8-11-25)12-24(3)19(26)28-20/h4,6,9,13H,5,7-8,10-12H2,1-3H3. The summed E-state index contributed by atoms with van der Waals surface area (Å²) in [6.07, 6.45) is 5.62. The van der Waals surface area contributed by atoms with Crippen molar-refractivity contribution in [3.8, 4) is 11.6 Å². The summed E-state index contributed by atoms with van der Waals surface area (Å²) in [6.45, 7) is 6.15. The third-order valence-corrected chi connectivity index (χ3v) is 5.51. The predicted octanol–water partition coefficient (Wildman–Crippen LogP) is 3.09. The maximum Gasteiger partial charge on any atom is 0.410 e. The van der Waals surface area contributed by atoms with E-state index in [1.165, 1.54) is 6.33 Å². The molecule has 0 saturated carbocycles. The fraction of sp³-hybridized carbons (Fsp3) is 0.500. The Labute approximate surface area is 164 Å². The molecule has 28 heavy (non-hydrogen) atoms. The minimum Gasteiger partial charge on any atom is -0.441 e. The summed E-state index contributed by atoms with van der Waals surface area (Å²) in [4.78, 5) is 28.8. The highest BCUT2D eigenvalue weighted by Gasteiger charge is 2.44. The van der Waals surface area contributed by atoms with Crippen LogP contribution >= 0.6 is 0 Å². The number of carbonyl (C=O) groups is 1. The van der Waals surface area contributed by atoms with Gasteiger partial charge in [-0.25, -0.2) is 14.8 Å². The lowest BCUT2D eigenvalue weighted by Crippen LogP contribution is -2.35. The van der Waals surface area contributed by atoms with Gasteiger partial charge in [0.1, 0.15) is 17.7 Å². The number of hydrogen-bond acceptors (Lipinski definition) is 7. The number of ether oxygens (including phenoxy) is 2. The Hall–Kier alpha value is -2.90. The number of hydrogen-bond donors (Lipinski definition) is 0. The van der Waals surface area contributed by atoms with E-state index in [2.05, 4.69) is 19.9 Å². The molecule has 1 unspecified atom stereocenters. The van der Waals surface area contributed by atoms with Gasteiger partial charge in [-0.1, -0.05) is 0 Å². The SMILES string of the molecule is Cc1ncccc1Oc1ncnc(N2CCCC3(CC2)CN(C)C(=O)O3)c1C. The highest BCUT2D eigenvalue weighted by molar-refractivity contribution is 5.70. The highest BCUT2D eigenvalue weighted by atomic mass is 16.6. The summed E-state index contributed by atoms with van der Waals surface area (Å²) in [5, 5.41) is 0. The second kappa shape index (κ2) is 7.26. The largest absolute Gasteiger partial charge is 0.441 e. The van der Waals surface area contributed by atoms with E-state index >= 15 is 0 Å². The second-order valence-electron chi connectivity index (χ2n) is 7.56. The van der Waals surface area contributed by atoms with E-state index in [0.29, 0.717) is 18.2 Å². The quantitative estimate of drug-likeness (QED) is 0.805. The molecular formula is C20H25N5O3. The fourth-order valence-electron chi connectivity index (χ4n) is 3.96. The van der Waals surface area contributed by atoms with Gasteiger partial charge in [0.15, 0.2) is 5.75 Å². The monoisotopic (exact) mass is 383 g/mol. The molecule has 4 rings (SSSR count). The van der Waals surface area contributed by atoms with Crippen molar-refractivity contribution in [3.05, 3.63) is 35.9 Å². The number of carbonyl (C=O) groups excluding carboxylic acids is 1. The Morgan fingerprint density at radius 2 is 2.04 bits per heavy atom. The minimum absolute atomic E-state index is 0.228. The predicted molar refractivity (Wildman–Crippen MR) is 104 cm³/mol. The Kier molecular flexibility index (Phi) is 4.78. The number of pyridine rings is 1. The van der Waals surface area contributed by atoms with E-state index in [-0.39, 0.29) is 11.7 Å². The first-order chi connectivity index (χ1) is 13.5. The molecule has 0 aliphatic carbocycles. The van der Waals surface area contributed by atoms with Gasteiger partial charge in [0.05, 0.1) is 17.8 Å². The van der Waals surface area contributed by atoms with Crippen molar-refractivity contribution < 1.29 is 14.3 Å². The van der Waals surface area contributed by atoms with Crippen LogP contribution in [0, 0.1) is 13.8 Å². The fourth-order valence-corrected chi connectivity index (χ4v) is 3.96. The van der Waals surface area contributed by atoms with Gasteiger partial charge in [-0.05, 0) is 38.8 Å². The molecule has 1 amide bonds. The Bertz CT molecular complexity index is 890. The Morgan fingerprint density at radius 3 is 2.79 bits per heavy atom. The zero-order chi connectivity index (χ0) is 19.7. The first-order valence-corrected chi connectivity index (χ1v) is 9.58. The number of anilines is 1.